The first kappa shape index (κ1) is 13.0. The first-order chi connectivity index (χ1) is 9.29. The van der Waals surface area contributed by atoms with Crippen molar-refractivity contribution in [2.24, 2.45) is 11.7 Å². The van der Waals surface area contributed by atoms with Crippen molar-refractivity contribution in [1.82, 2.24) is 0 Å². The number of fused-ring (bicyclic) bond motifs is 1. The van der Waals surface area contributed by atoms with E-state index in [2.05, 4.69) is 30.0 Å². The van der Waals surface area contributed by atoms with Gasteiger partial charge in [0.25, 0.3) is 0 Å². The molecule has 0 radical (unpaired) electrons. The second-order valence-corrected chi connectivity index (χ2v) is 6.28. The van der Waals surface area contributed by atoms with Gasteiger partial charge in [0, 0.05) is 24.8 Å². The maximum atomic E-state index is 5.97. The van der Waals surface area contributed by atoms with Gasteiger partial charge in [-0.25, -0.2) is 0 Å². The Morgan fingerprint density at radius 2 is 1.95 bits per heavy atom. The molecule has 1 aliphatic heterocycles. The van der Waals surface area contributed by atoms with Gasteiger partial charge >= 0.3 is 0 Å². The molecule has 1 aliphatic carbocycles. The van der Waals surface area contributed by atoms with E-state index < -0.39 is 0 Å². The Morgan fingerprint density at radius 3 is 2.79 bits per heavy atom. The molecule has 2 fully saturated rings. The number of rotatable bonds is 2. The van der Waals surface area contributed by atoms with Gasteiger partial charge in [-0.15, -0.1) is 0 Å². The summed E-state index contributed by atoms with van der Waals surface area (Å²) in [6.07, 6.45) is 8.44. The van der Waals surface area contributed by atoms with E-state index in [0.717, 1.165) is 12.0 Å². The molecule has 2 N–H and O–H groups in total. The summed E-state index contributed by atoms with van der Waals surface area (Å²) in [7, 11) is 0. The highest BCUT2D eigenvalue weighted by Crippen LogP contribution is 2.38. The van der Waals surface area contributed by atoms with Gasteiger partial charge in [0.05, 0.1) is 0 Å². The van der Waals surface area contributed by atoms with Crippen molar-refractivity contribution in [1.29, 1.82) is 0 Å². The van der Waals surface area contributed by atoms with Crippen molar-refractivity contribution in [2.75, 3.05) is 11.4 Å². The number of anilines is 1. The van der Waals surface area contributed by atoms with Crippen LogP contribution < -0.4 is 10.6 Å². The fourth-order valence-corrected chi connectivity index (χ4v) is 4.08. The number of hydrogen-bond donors (Lipinski definition) is 1. The highest BCUT2D eigenvalue weighted by atomic mass is 15.2. The van der Waals surface area contributed by atoms with E-state index in [0.29, 0.717) is 6.54 Å². The highest BCUT2D eigenvalue weighted by molar-refractivity contribution is 5.56. The predicted molar refractivity (Wildman–Crippen MR) is 81.4 cm³/mol. The number of aryl methyl sites for hydroxylation is 1. The molecule has 1 aromatic carbocycles. The monoisotopic (exact) mass is 258 g/mol. The van der Waals surface area contributed by atoms with Crippen LogP contribution in [0.2, 0.25) is 0 Å². The van der Waals surface area contributed by atoms with Crippen LogP contribution in [-0.4, -0.2) is 12.6 Å². The van der Waals surface area contributed by atoms with Gasteiger partial charge in [0.2, 0.25) is 0 Å². The Bertz CT molecular complexity index is 439. The molecule has 2 nitrogen and oxygen atoms in total. The van der Waals surface area contributed by atoms with Crippen molar-refractivity contribution in [3.63, 3.8) is 0 Å². The van der Waals surface area contributed by atoms with Crippen LogP contribution in [0.5, 0.6) is 0 Å². The summed E-state index contributed by atoms with van der Waals surface area (Å²) in [4.78, 5) is 2.68. The molecular formula is C17H26N2. The van der Waals surface area contributed by atoms with Gasteiger partial charge in [-0.3, -0.25) is 0 Å². The zero-order valence-corrected chi connectivity index (χ0v) is 12.1. The fraction of sp³-hybridized carbons (Fsp3) is 0.647. The van der Waals surface area contributed by atoms with Gasteiger partial charge in [0.15, 0.2) is 0 Å². The number of hydrogen-bond acceptors (Lipinski definition) is 2. The fourth-order valence-electron chi connectivity index (χ4n) is 4.08. The molecule has 3 rings (SSSR count). The Morgan fingerprint density at radius 1 is 1.16 bits per heavy atom. The molecule has 2 aliphatic rings. The highest BCUT2D eigenvalue weighted by Gasteiger charge is 2.33. The van der Waals surface area contributed by atoms with Crippen LogP contribution >= 0.6 is 0 Å². The van der Waals surface area contributed by atoms with Crippen LogP contribution in [0.1, 0.15) is 49.7 Å². The van der Waals surface area contributed by atoms with Crippen LogP contribution in [0.15, 0.2) is 18.2 Å². The normalized spacial score (nSPS) is 27.2. The largest absolute Gasteiger partial charge is 0.368 e. The van der Waals surface area contributed by atoms with Crippen LogP contribution in [0.3, 0.4) is 0 Å². The first-order valence-corrected chi connectivity index (χ1v) is 7.86. The summed E-state index contributed by atoms with van der Waals surface area (Å²) in [5.74, 6) is 0.925. The van der Waals surface area contributed by atoms with Crippen molar-refractivity contribution >= 4 is 5.69 Å². The SMILES string of the molecule is Cc1ccc(N2CCCC3CCCCC32)c(CN)c1. The zero-order chi connectivity index (χ0) is 13.2. The van der Waals surface area contributed by atoms with Gasteiger partial charge < -0.3 is 10.6 Å². The van der Waals surface area contributed by atoms with E-state index in [1.54, 1.807) is 0 Å². The third kappa shape index (κ3) is 2.51. The van der Waals surface area contributed by atoms with Crippen LogP contribution in [-0.2, 0) is 6.54 Å². The summed E-state index contributed by atoms with van der Waals surface area (Å²) in [5, 5.41) is 0. The van der Waals surface area contributed by atoms with E-state index in [1.165, 1.54) is 61.9 Å². The second-order valence-electron chi connectivity index (χ2n) is 6.28. The van der Waals surface area contributed by atoms with Gasteiger partial charge in [-0.05, 0) is 50.2 Å². The second kappa shape index (κ2) is 5.54. The van der Waals surface area contributed by atoms with Crippen molar-refractivity contribution < 1.29 is 0 Å². The molecular weight excluding hydrogens is 232 g/mol. The molecule has 1 saturated carbocycles. The van der Waals surface area contributed by atoms with Crippen molar-refractivity contribution in [3.05, 3.63) is 29.3 Å². The van der Waals surface area contributed by atoms with E-state index in [1.807, 2.05) is 0 Å². The molecule has 1 saturated heterocycles. The Hall–Kier alpha value is -1.02. The molecule has 2 heteroatoms. The third-order valence-electron chi connectivity index (χ3n) is 5.01. The Kier molecular flexibility index (Phi) is 3.79. The summed E-state index contributed by atoms with van der Waals surface area (Å²) in [6.45, 7) is 4.03. The Balaban J connectivity index is 1.91. The van der Waals surface area contributed by atoms with Crippen molar-refractivity contribution in [3.8, 4) is 0 Å². The number of nitrogens with two attached hydrogens (primary N) is 1. The van der Waals surface area contributed by atoms with Crippen molar-refractivity contribution in [2.45, 2.75) is 58.0 Å². The lowest BCUT2D eigenvalue weighted by Crippen LogP contribution is -2.47. The summed E-state index contributed by atoms with van der Waals surface area (Å²) in [5.41, 5.74) is 10.0. The molecule has 104 valence electrons. The molecule has 1 heterocycles. The van der Waals surface area contributed by atoms with Gasteiger partial charge in [-0.1, -0.05) is 30.5 Å². The molecule has 0 aromatic heterocycles. The average Bonchev–Trinajstić information content (AvgIpc) is 2.46. The number of benzene rings is 1. The molecule has 2 unspecified atom stereocenters. The van der Waals surface area contributed by atoms with Gasteiger partial charge in [0.1, 0.15) is 0 Å². The zero-order valence-electron chi connectivity index (χ0n) is 12.1. The maximum absolute atomic E-state index is 5.97. The van der Waals surface area contributed by atoms with E-state index in [9.17, 15) is 0 Å². The molecule has 2 atom stereocenters. The third-order valence-corrected chi connectivity index (χ3v) is 5.01. The minimum absolute atomic E-state index is 0.658. The van der Waals surface area contributed by atoms with Crippen LogP contribution in [0.25, 0.3) is 0 Å². The topological polar surface area (TPSA) is 29.3 Å². The minimum Gasteiger partial charge on any atom is -0.368 e. The van der Waals surface area contributed by atoms with Crippen LogP contribution in [0.4, 0.5) is 5.69 Å². The number of piperidine rings is 1. The average molecular weight is 258 g/mol. The summed E-state index contributed by atoms with van der Waals surface area (Å²) < 4.78 is 0. The lowest BCUT2D eigenvalue weighted by Gasteiger charge is -2.46. The molecule has 19 heavy (non-hydrogen) atoms. The first-order valence-electron chi connectivity index (χ1n) is 7.86. The molecule has 0 bridgehead atoms. The van der Waals surface area contributed by atoms with E-state index in [-0.39, 0.29) is 0 Å². The maximum Gasteiger partial charge on any atom is 0.0414 e. The van der Waals surface area contributed by atoms with E-state index in [4.69, 9.17) is 5.73 Å². The van der Waals surface area contributed by atoms with E-state index >= 15 is 0 Å². The molecule has 1 aromatic rings. The van der Waals surface area contributed by atoms with Gasteiger partial charge in [-0.2, -0.15) is 0 Å². The predicted octanol–water partition coefficient (Wildman–Crippen LogP) is 3.61. The quantitative estimate of drug-likeness (QED) is 0.878. The Labute approximate surface area is 117 Å². The molecule has 0 spiro atoms. The standard InChI is InChI=1S/C17H26N2/c1-13-8-9-17(15(11-13)12-18)19-10-4-6-14-5-2-3-7-16(14)19/h8-9,11,14,16H,2-7,10,12,18H2,1H3. The smallest absolute Gasteiger partial charge is 0.0414 e. The van der Waals surface area contributed by atoms with Crippen LogP contribution in [0, 0.1) is 12.8 Å². The summed E-state index contributed by atoms with van der Waals surface area (Å²) in [6, 6.07) is 7.58. The number of nitrogens with zero attached hydrogens (tertiary/aromatic N) is 1. The lowest BCUT2D eigenvalue weighted by atomic mass is 9.78. The summed E-state index contributed by atoms with van der Waals surface area (Å²) >= 11 is 0. The lowest BCUT2D eigenvalue weighted by molar-refractivity contribution is 0.243. The minimum atomic E-state index is 0.658. The molecule has 0 amide bonds.